The average Bonchev–Trinajstić information content (AvgIpc) is 2.77. The lowest BCUT2D eigenvalue weighted by atomic mass is 10.1. The molecule has 0 aliphatic carbocycles. The zero-order chi connectivity index (χ0) is 11.0. The van der Waals surface area contributed by atoms with E-state index in [9.17, 15) is 0 Å². The van der Waals surface area contributed by atoms with E-state index in [0.29, 0.717) is 10.7 Å². The Labute approximate surface area is 95.7 Å². The Balaban J connectivity index is 2.14. The molecule has 2 aromatic heterocycles. The Kier molecular flexibility index (Phi) is 2.04. The molecule has 1 aromatic carbocycles. The normalized spacial score (nSPS) is 10.8. The van der Waals surface area contributed by atoms with Gasteiger partial charge in [-0.05, 0) is 34.7 Å². The second-order valence-corrected chi connectivity index (χ2v) is 3.69. The van der Waals surface area contributed by atoms with Crippen molar-refractivity contribution in [3.63, 3.8) is 0 Å². The fraction of sp³-hybridized carbons (Fsp3) is 0. The standard InChI is InChI=1S/C10H6ClN5/c11-8-3-1-7(2-4-8)9-5-6-10-12-14-15-16(10)13-9/h1-6H. The molecule has 78 valence electrons. The van der Waals surface area contributed by atoms with Gasteiger partial charge in [0.25, 0.3) is 0 Å². The average molecular weight is 232 g/mol. The van der Waals surface area contributed by atoms with Gasteiger partial charge in [-0.15, -0.1) is 14.8 Å². The van der Waals surface area contributed by atoms with E-state index >= 15 is 0 Å². The number of nitrogens with zero attached hydrogens (tertiary/aromatic N) is 5. The van der Waals surface area contributed by atoms with E-state index in [4.69, 9.17) is 11.6 Å². The van der Waals surface area contributed by atoms with Crippen LogP contribution in [0, 0.1) is 0 Å². The Morgan fingerprint density at radius 3 is 2.62 bits per heavy atom. The van der Waals surface area contributed by atoms with Crippen LogP contribution in [-0.2, 0) is 0 Å². The van der Waals surface area contributed by atoms with Crippen LogP contribution >= 0.6 is 11.6 Å². The molecule has 0 radical (unpaired) electrons. The Bertz CT molecular complexity index is 631. The summed E-state index contributed by atoms with van der Waals surface area (Å²) in [6.07, 6.45) is 0. The molecule has 0 aliphatic heterocycles. The summed E-state index contributed by atoms with van der Waals surface area (Å²) in [6.45, 7) is 0. The first-order valence-electron chi connectivity index (χ1n) is 4.64. The van der Waals surface area contributed by atoms with Gasteiger partial charge >= 0.3 is 0 Å². The summed E-state index contributed by atoms with van der Waals surface area (Å²) in [5, 5.41) is 16.0. The second kappa shape index (κ2) is 3.53. The van der Waals surface area contributed by atoms with Crippen molar-refractivity contribution < 1.29 is 0 Å². The first-order valence-corrected chi connectivity index (χ1v) is 5.02. The van der Waals surface area contributed by atoms with E-state index in [0.717, 1.165) is 11.3 Å². The third kappa shape index (κ3) is 1.51. The van der Waals surface area contributed by atoms with Crippen LogP contribution in [0.3, 0.4) is 0 Å². The minimum Gasteiger partial charge on any atom is -0.147 e. The number of halogens is 1. The minimum absolute atomic E-state index is 0.623. The van der Waals surface area contributed by atoms with Crippen molar-refractivity contribution in [1.29, 1.82) is 0 Å². The van der Waals surface area contributed by atoms with Crippen LogP contribution in [0.25, 0.3) is 16.9 Å². The predicted octanol–water partition coefficient (Wildman–Crippen LogP) is 1.84. The molecule has 5 nitrogen and oxygen atoms in total. The SMILES string of the molecule is Clc1ccc(-c2ccc3nnnn3n2)cc1. The molecule has 0 bridgehead atoms. The highest BCUT2D eigenvalue weighted by atomic mass is 35.5. The lowest BCUT2D eigenvalue weighted by molar-refractivity contribution is 0.736. The quantitative estimate of drug-likeness (QED) is 0.641. The van der Waals surface area contributed by atoms with Crippen molar-refractivity contribution in [2.45, 2.75) is 0 Å². The zero-order valence-electron chi connectivity index (χ0n) is 8.08. The number of benzene rings is 1. The molecular formula is C10H6ClN5. The minimum atomic E-state index is 0.623. The highest BCUT2D eigenvalue weighted by Crippen LogP contribution is 2.19. The molecule has 0 amide bonds. The lowest BCUT2D eigenvalue weighted by Crippen LogP contribution is -1.95. The van der Waals surface area contributed by atoms with Gasteiger partial charge in [0.15, 0.2) is 5.65 Å². The van der Waals surface area contributed by atoms with Gasteiger partial charge in [-0.1, -0.05) is 23.7 Å². The van der Waals surface area contributed by atoms with E-state index in [2.05, 4.69) is 20.6 Å². The molecule has 0 N–H and O–H groups in total. The van der Waals surface area contributed by atoms with Crippen LogP contribution in [0.5, 0.6) is 0 Å². The maximum absolute atomic E-state index is 5.82. The van der Waals surface area contributed by atoms with E-state index in [1.807, 2.05) is 36.4 Å². The summed E-state index contributed by atoms with van der Waals surface area (Å²) < 4.78 is 1.39. The molecule has 16 heavy (non-hydrogen) atoms. The summed E-state index contributed by atoms with van der Waals surface area (Å²) in [5.74, 6) is 0. The van der Waals surface area contributed by atoms with Crippen LogP contribution in [-0.4, -0.2) is 25.3 Å². The van der Waals surface area contributed by atoms with E-state index in [-0.39, 0.29) is 0 Å². The number of hydrogen-bond donors (Lipinski definition) is 0. The molecule has 0 fully saturated rings. The third-order valence-corrected chi connectivity index (χ3v) is 2.46. The highest BCUT2D eigenvalue weighted by molar-refractivity contribution is 6.30. The Morgan fingerprint density at radius 2 is 1.81 bits per heavy atom. The van der Waals surface area contributed by atoms with Gasteiger partial charge in [-0.2, -0.15) is 0 Å². The molecule has 0 aliphatic rings. The van der Waals surface area contributed by atoms with Crippen LogP contribution in [0.15, 0.2) is 36.4 Å². The van der Waals surface area contributed by atoms with Crippen molar-refractivity contribution >= 4 is 17.2 Å². The summed E-state index contributed by atoms with van der Waals surface area (Å²) in [5.41, 5.74) is 2.40. The molecule has 0 unspecified atom stereocenters. The van der Waals surface area contributed by atoms with Gasteiger partial charge in [0.2, 0.25) is 0 Å². The smallest absolute Gasteiger partial charge is 0.147 e. The molecule has 3 aromatic rings. The number of tetrazole rings is 1. The molecule has 0 saturated heterocycles. The summed E-state index contributed by atoms with van der Waals surface area (Å²) >= 11 is 5.82. The number of hydrogen-bond acceptors (Lipinski definition) is 4. The lowest BCUT2D eigenvalue weighted by Gasteiger charge is -1.99. The largest absolute Gasteiger partial charge is 0.200 e. The number of fused-ring (bicyclic) bond motifs is 1. The maximum Gasteiger partial charge on any atom is 0.200 e. The second-order valence-electron chi connectivity index (χ2n) is 3.25. The molecule has 3 rings (SSSR count). The zero-order valence-corrected chi connectivity index (χ0v) is 8.83. The monoisotopic (exact) mass is 231 g/mol. The van der Waals surface area contributed by atoms with Crippen LogP contribution in [0.2, 0.25) is 5.02 Å². The molecular weight excluding hydrogens is 226 g/mol. The first kappa shape index (κ1) is 9.23. The third-order valence-electron chi connectivity index (χ3n) is 2.21. The van der Waals surface area contributed by atoms with Crippen molar-refractivity contribution in [3.8, 4) is 11.3 Å². The van der Waals surface area contributed by atoms with Crippen molar-refractivity contribution in [2.75, 3.05) is 0 Å². The number of aromatic nitrogens is 5. The molecule has 2 heterocycles. The predicted molar refractivity (Wildman–Crippen MR) is 59.0 cm³/mol. The van der Waals surface area contributed by atoms with Gasteiger partial charge in [0.05, 0.1) is 5.69 Å². The molecule has 0 saturated carbocycles. The van der Waals surface area contributed by atoms with Gasteiger partial charge in [-0.3, -0.25) is 0 Å². The topological polar surface area (TPSA) is 56.0 Å². The highest BCUT2D eigenvalue weighted by Gasteiger charge is 2.02. The summed E-state index contributed by atoms with van der Waals surface area (Å²) in [7, 11) is 0. The fourth-order valence-corrected chi connectivity index (χ4v) is 1.55. The summed E-state index contributed by atoms with van der Waals surface area (Å²) in [6, 6.07) is 11.1. The molecule has 0 spiro atoms. The molecule has 0 atom stereocenters. The molecule has 6 heteroatoms. The van der Waals surface area contributed by atoms with E-state index in [1.54, 1.807) is 0 Å². The van der Waals surface area contributed by atoms with Gasteiger partial charge in [0, 0.05) is 10.6 Å². The maximum atomic E-state index is 5.82. The number of rotatable bonds is 1. The van der Waals surface area contributed by atoms with Gasteiger partial charge in [-0.25, -0.2) is 0 Å². The first-order chi connectivity index (χ1) is 7.83. The van der Waals surface area contributed by atoms with Crippen molar-refractivity contribution in [3.05, 3.63) is 41.4 Å². The fourth-order valence-electron chi connectivity index (χ4n) is 1.42. The summed E-state index contributed by atoms with van der Waals surface area (Å²) in [4.78, 5) is 0. The Hall–Kier alpha value is -2.01. The van der Waals surface area contributed by atoms with Crippen molar-refractivity contribution in [2.24, 2.45) is 0 Å². The van der Waals surface area contributed by atoms with Gasteiger partial charge in [0.1, 0.15) is 0 Å². The Morgan fingerprint density at radius 1 is 1.00 bits per heavy atom. The van der Waals surface area contributed by atoms with Crippen LogP contribution in [0.4, 0.5) is 0 Å². The van der Waals surface area contributed by atoms with Crippen molar-refractivity contribution in [1.82, 2.24) is 25.3 Å². The van der Waals surface area contributed by atoms with Crippen LogP contribution in [0.1, 0.15) is 0 Å². The van der Waals surface area contributed by atoms with Crippen LogP contribution < -0.4 is 0 Å². The van der Waals surface area contributed by atoms with Gasteiger partial charge < -0.3 is 0 Å². The van der Waals surface area contributed by atoms with E-state index in [1.165, 1.54) is 4.63 Å². The van der Waals surface area contributed by atoms with E-state index < -0.39 is 0 Å².